The molecule has 2 aromatic rings. The van der Waals surface area contributed by atoms with E-state index in [1.807, 2.05) is 18.2 Å². The number of esters is 1. The molecule has 1 aromatic heterocycles. The molecule has 2 aliphatic carbocycles. The molecule has 1 saturated heterocycles. The number of amides is 1. The molecule has 3 fully saturated rings. The Balaban J connectivity index is 1.45. The van der Waals surface area contributed by atoms with Crippen molar-refractivity contribution in [1.82, 2.24) is 10.2 Å². The molecule has 2 saturated carbocycles. The van der Waals surface area contributed by atoms with Crippen molar-refractivity contribution in [2.24, 2.45) is 5.92 Å². The smallest absolute Gasteiger partial charge is 0.303 e. The Morgan fingerprint density at radius 3 is 2.81 bits per heavy atom. The van der Waals surface area contributed by atoms with Gasteiger partial charge in [0, 0.05) is 43.1 Å². The van der Waals surface area contributed by atoms with Crippen molar-refractivity contribution in [3.05, 3.63) is 60.1 Å². The highest BCUT2D eigenvalue weighted by Gasteiger charge is 2.61. The van der Waals surface area contributed by atoms with Crippen molar-refractivity contribution in [2.75, 3.05) is 26.7 Å². The molecule has 0 unspecified atom stereocenters. The van der Waals surface area contributed by atoms with Crippen LogP contribution in [0.5, 0.6) is 5.75 Å². The summed E-state index contributed by atoms with van der Waals surface area (Å²) < 4.78 is 17.0. The van der Waals surface area contributed by atoms with E-state index in [0.29, 0.717) is 12.8 Å². The SMILES string of the molecule is COc1cccc([C@@]23CCN(CC4CC4)C[C@@]2(OC(C)=O)CC[C@@H](NC(=O)C=Cc2ccoc2)C3)c1. The largest absolute Gasteiger partial charge is 0.497 e. The fraction of sp³-hybridized carbons (Fsp3) is 0.517. The second-order valence-electron chi connectivity index (χ2n) is 10.7. The molecular formula is C29H36N2O5. The Kier molecular flexibility index (Phi) is 6.93. The summed E-state index contributed by atoms with van der Waals surface area (Å²) in [4.78, 5) is 27.8. The third-order valence-electron chi connectivity index (χ3n) is 8.19. The lowest BCUT2D eigenvalue weighted by atomic mass is 9.55. The van der Waals surface area contributed by atoms with E-state index in [2.05, 4.69) is 22.3 Å². The minimum absolute atomic E-state index is 0.0311. The van der Waals surface area contributed by atoms with Crippen molar-refractivity contribution >= 4 is 18.0 Å². The molecule has 7 heteroatoms. The number of benzene rings is 1. The summed E-state index contributed by atoms with van der Waals surface area (Å²) >= 11 is 0. The standard InChI is InChI=1S/C29H36N2O5/c1-21(32)36-29-12-10-25(30-27(33)9-8-23-11-15-35-19-23)17-28(29,24-4-3-5-26(16-24)34-2)13-14-31(20-29)18-22-6-7-22/h3-5,8-9,11,15-16,19,22,25H,6-7,10,12-14,17-18,20H2,1-2H3,(H,30,33)/t25-,28+,29+/m1/s1. The summed E-state index contributed by atoms with van der Waals surface area (Å²) in [5.41, 5.74) is 0.893. The zero-order valence-corrected chi connectivity index (χ0v) is 21.2. The van der Waals surface area contributed by atoms with Crippen LogP contribution in [0.1, 0.15) is 56.6 Å². The Labute approximate surface area is 212 Å². The van der Waals surface area contributed by atoms with Gasteiger partial charge in [0.25, 0.3) is 0 Å². The first-order valence-electron chi connectivity index (χ1n) is 13.0. The number of methoxy groups -OCH3 is 1. The van der Waals surface area contributed by atoms with Crippen LogP contribution in [-0.2, 0) is 19.7 Å². The van der Waals surface area contributed by atoms with Gasteiger partial charge < -0.3 is 19.2 Å². The first-order chi connectivity index (χ1) is 17.4. The average Bonchev–Trinajstić information content (AvgIpc) is 3.52. The van der Waals surface area contributed by atoms with Gasteiger partial charge in [0.05, 0.1) is 19.6 Å². The van der Waals surface area contributed by atoms with Gasteiger partial charge in [-0.05, 0) is 80.8 Å². The molecule has 1 amide bonds. The number of piperidine rings is 1. The highest BCUT2D eigenvalue weighted by molar-refractivity contribution is 5.91. The second kappa shape index (κ2) is 10.1. The lowest BCUT2D eigenvalue weighted by molar-refractivity contribution is -0.187. The number of rotatable bonds is 8. The highest BCUT2D eigenvalue weighted by atomic mass is 16.6. The summed E-state index contributed by atoms with van der Waals surface area (Å²) in [5.74, 6) is 1.17. The molecule has 1 aromatic carbocycles. The maximum atomic E-state index is 12.8. The van der Waals surface area contributed by atoms with Crippen molar-refractivity contribution in [1.29, 1.82) is 0 Å². The quantitative estimate of drug-likeness (QED) is 0.437. The summed E-state index contributed by atoms with van der Waals surface area (Å²) in [6.07, 6.45) is 12.1. The zero-order valence-electron chi connectivity index (χ0n) is 21.2. The van der Waals surface area contributed by atoms with Crippen LogP contribution in [0.3, 0.4) is 0 Å². The van der Waals surface area contributed by atoms with Gasteiger partial charge in [0.1, 0.15) is 11.4 Å². The van der Waals surface area contributed by atoms with E-state index in [1.165, 1.54) is 19.8 Å². The topological polar surface area (TPSA) is 81.0 Å². The van der Waals surface area contributed by atoms with E-state index in [4.69, 9.17) is 13.9 Å². The van der Waals surface area contributed by atoms with Crippen molar-refractivity contribution < 1.29 is 23.5 Å². The van der Waals surface area contributed by atoms with Crippen LogP contribution in [-0.4, -0.2) is 55.2 Å². The van der Waals surface area contributed by atoms with Gasteiger partial charge in [0.15, 0.2) is 0 Å². The minimum atomic E-state index is -0.647. The Morgan fingerprint density at radius 1 is 1.22 bits per heavy atom. The molecular weight excluding hydrogens is 456 g/mol. The normalized spacial score (nSPS) is 28.4. The third kappa shape index (κ3) is 5.07. The zero-order chi connectivity index (χ0) is 25.2. The molecule has 36 heavy (non-hydrogen) atoms. The number of ether oxygens (including phenoxy) is 2. The van der Waals surface area contributed by atoms with Crippen LogP contribution in [0, 0.1) is 5.92 Å². The predicted octanol–water partition coefficient (Wildman–Crippen LogP) is 4.33. The first-order valence-corrected chi connectivity index (χ1v) is 13.0. The molecule has 1 aliphatic heterocycles. The van der Waals surface area contributed by atoms with Gasteiger partial charge >= 0.3 is 5.97 Å². The second-order valence-corrected chi connectivity index (χ2v) is 10.7. The Morgan fingerprint density at radius 2 is 2.08 bits per heavy atom. The molecule has 3 atom stereocenters. The van der Waals surface area contributed by atoms with E-state index >= 15 is 0 Å². The molecule has 7 nitrogen and oxygen atoms in total. The minimum Gasteiger partial charge on any atom is -0.497 e. The van der Waals surface area contributed by atoms with Gasteiger partial charge in [-0.2, -0.15) is 0 Å². The van der Waals surface area contributed by atoms with E-state index in [9.17, 15) is 9.59 Å². The first kappa shape index (κ1) is 24.6. The molecule has 1 N–H and O–H groups in total. The molecule has 0 bridgehead atoms. The number of likely N-dealkylation sites (tertiary alicyclic amines) is 1. The van der Waals surface area contributed by atoms with Crippen molar-refractivity contribution in [3.8, 4) is 5.75 Å². The summed E-state index contributed by atoms with van der Waals surface area (Å²) in [7, 11) is 1.67. The molecule has 3 aliphatic rings. The highest BCUT2D eigenvalue weighted by Crippen LogP contribution is 2.54. The maximum Gasteiger partial charge on any atom is 0.303 e. The van der Waals surface area contributed by atoms with Crippen LogP contribution < -0.4 is 10.1 Å². The Hall–Kier alpha value is -3.06. The fourth-order valence-corrected chi connectivity index (χ4v) is 6.34. The van der Waals surface area contributed by atoms with E-state index in [0.717, 1.165) is 55.3 Å². The number of nitrogens with one attached hydrogen (secondary N) is 1. The van der Waals surface area contributed by atoms with Gasteiger partial charge in [-0.25, -0.2) is 0 Å². The number of carbonyl (C=O) groups is 2. The fourth-order valence-electron chi connectivity index (χ4n) is 6.34. The van der Waals surface area contributed by atoms with E-state index in [1.54, 1.807) is 31.8 Å². The summed E-state index contributed by atoms with van der Waals surface area (Å²) in [5, 5.41) is 3.22. The van der Waals surface area contributed by atoms with Crippen LogP contribution >= 0.6 is 0 Å². The van der Waals surface area contributed by atoms with Gasteiger partial charge in [0.2, 0.25) is 5.91 Å². The summed E-state index contributed by atoms with van der Waals surface area (Å²) in [6.45, 7) is 4.24. The predicted molar refractivity (Wildman–Crippen MR) is 136 cm³/mol. The molecule has 192 valence electrons. The lowest BCUT2D eigenvalue weighted by Gasteiger charge is -2.59. The number of hydrogen-bond donors (Lipinski definition) is 1. The van der Waals surface area contributed by atoms with E-state index in [-0.39, 0.29) is 17.9 Å². The molecule has 2 heterocycles. The Bertz CT molecular complexity index is 1110. The van der Waals surface area contributed by atoms with Crippen LogP contribution in [0.2, 0.25) is 0 Å². The van der Waals surface area contributed by atoms with Crippen molar-refractivity contribution in [3.63, 3.8) is 0 Å². The van der Waals surface area contributed by atoms with Gasteiger partial charge in [-0.3, -0.25) is 14.5 Å². The third-order valence-corrected chi connectivity index (χ3v) is 8.19. The number of furan rings is 1. The van der Waals surface area contributed by atoms with Crippen molar-refractivity contribution in [2.45, 2.75) is 62.5 Å². The van der Waals surface area contributed by atoms with Gasteiger partial charge in [-0.15, -0.1) is 0 Å². The molecule has 5 rings (SSSR count). The number of nitrogens with zero attached hydrogens (tertiary/aromatic N) is 1. The summed E-state index contributed by atoms with van der Waals surface area (Å²) in [6, 6.07) is 9.94. The monoisotopic (exact) mass is 492 g/mol. The molecule has 0 radical (unpaired) electrons. The van der Waals surface area contributed by atoms with E-state index < -0.39 is 11.0 Å². The number of carbonyl (C=O) groups excluding carboxylic acids is 2. The lowest BCUT2D eigenvalue weighted by Crippen LogP contribution is -2.68. The number of fused-ring (bicyclic) bond motifs is 1. The molecule has 0 spiro atoms. The van der Waals surface area contributed by atoms with Crippen LogP contribution in [0.15, 0.2) is 53.4 Å². The average molecular weight is 493 g/mol. The number of hydrogen-bond acceptors (Lipinski definition) is 6. The maximum absolute atomic E-state index is 12.8. The van der Waals surface area contributed by atoms with Crippen LogP contribution in [0.4, 0.5) is 0 Å². The van der Waals surface area contributed by atoms with Crippen LogP contribution in [0.25, 0.3) is 6.08 Å². The van der Waals surface area contributed by atoms with Gasteiger partial charge in [-0.1, -0.05) is 12.1 Å².